The zero-order valence-corrected chi connectivity index (χ0v) is 32.4. The normalized spacial score (nSPS) is 13.4. The molecule has 0 spiro atoms. The number of aliphatic imine (C=N–C) groups is 1. The number of pyridine rings is 1. The first-order valence-electron chi connectivity index (χ1n) is 20.3. The van der Waals surface area contributed by atoms with E-state index in [-0.39, 0.29) is 0 Å². The van der Waals surface area contributed by atoms with Gasteiger partial charge >= 0.3 is 0 Å². The minimum Gasteiger partial charge on any atom is -0.381 e. The lowest BCUT2D eigenvalue weighted by Gasteiger charge is -2.16. The molecule has 1 N–H and O–H groups in total. The summed E-state index contributed by atoms with van der Waals surface area (Å²) in [5, 5.41) is 10.9. The second-order valence-corrected chi connectivity index (χ2v) is 15.3. The Kier molecular flexibility index (Phi) is 8.63. The molecule has 3 heterocycles. The molecule has 278 valence electrons. The Bertz CT molecular complexity index is 3260. The van der Waals surface area contributed by atoms with Gasteiger partial charge in [0, 0.05) is 51.3 Å². The van der Waals surface area contributed by atoms with Crippen LogP contribution in [0, 0.1) is 0 Å². The van der Waals surface area contributed by atoms with Crippen LogP contribution in [-0.4, -0.2) is 17.2 Å². The van der Waals surface area contributed by atoms with Gasteiger partial charge in [0.2, 0.25) is 0 Å². The van der Waals surface area contributed by atoms with E-state index in [0.717, 1.165) is 74.4 Å². The number of aromatic nitrogens is 1. The van der Waals surface area contributed by atoms with E-state index in [1.54, 1.807) is 0 Å². The van der Waals surface area contributed by atoms with Gasteiger partial charge in [0.05, 0.1) is 17.1 Å². The molecule has 0 bridgehead atoms. The highest BCUT2D eigenvalue weighted by atomic mass is 14.9. The Morgan fingerprint density at radius 2 is 1.07 bits per heavy atom. The van der Waals surface area contributed by atoms with E-state index in [0.29, 0.717) is 0 Å². The molecule has 0 radical (unpaired) electrons. The first-order chi connectivity index (χ1) is 29.2. The lowest BCUT2D eigenvalue weighted by molar-refractivity contribution is 1.01. The molecule has 0 saturated carbocycles. The average Bonchev–Trinajstić information content (AvgIpc) is 3.52. The van der Waals surface area contributed by atoms with Crippen molar-refractivity contribution in [2.45, 2.75) is 6.42 Å². The number of nitrogens with zero attached hydrogens (tertiary/aromatic N) is 2. The molecule has 59 heavy (non-hydrogen) atoms. The summed E-state index contributed by atoms with van der Waals surface area (Å²) in [5.74, 6) is 0. The summed E-state index contributed by atoms with van der Waals surface area (Å²) in [6.07, 6.45) is 7.24. The van der Waals surface area contributed by atoms with Crippen LogP contribution in [0.3, 0.4) is 0 Å². The van der Waals surface area contributed by atoms with Crippen molar-refractivity contribution < 1.29 is 0 Å². The van der Waals surface area contributed by atoms with Gasteiger partial charge in [-0.15, -0.1) is 0 Å². The van der Waals surface area contributed by atoms with Gasteiger partial charge in [-0.3, -0.25) is 4.98 Å². The molecule has 0 aliphatic carbocycles. The number of allylic oxidation sites excluding steroid dienone is 1. The van der Waals surface area contributed by atoms with Crippen molar-refractivity contribution in [3.63, 3.8) is 0 Å². The van der Waals surface area contributed by atoms with Gasteiger partial charge in [-0.1, -0.05) is 176 Å². The molecule has 0 saturated heterocycles. The van der Waals surface area contributed by atoms with Crippen LogP contribution in [0.25, 0.3) is 72.5 Å². The number of nitrogens with one attached hydrogen (secondary N) is 1. The number of fused-ring (bicyclic) bond motifs is 5. The van der Waals surface area contributed by atoms with E-state index in [1.807, 2.05) is 6.20 Å². The minimum atomic E-state index is 0.779. The quantitative estimate of drug-likeness (QED) is 0.184. The van der Waals surface area contributed by atoms with E-state index >= 15 is 0 Å². The van der Waals surface area contributed by atoms with Gasteiger partial charge in [-0.05, 0) is 85.4 Å². The van der Waals surface area contributed by atoms with E-state index in [4.69, 9.17) is 9.98 Å². The molecule has 0 amide bonds. The second kappa shape index (κ2) is 14.7. The highest BCUT2D eigenvalue weighted by molar-refractivity contribution is 6.22. The minimum absolute atomic E-state index is 0.779. The fourth-order valence-electron chi connectivity index (χ4n) is 8.81. The van der Waals surface area contributed by atoms with Crippen LogP contribution >= 0.6 is 0 Å². The van der Waals surface area contributed by atoms with E-state index in [1.165, 1.54) is 49.0 Å². The zero-order valence-electron chi connectivity index (χ0n) is 32.4. The van der Waals surface area contributed by atoms with Gasteiger partial charge < -0.3 is 5.32 Å². The SMILES string of the molecule is C1=C(c2cc(-c3ccc(C4=c5ccccc5=CCN4)cc3)cc(-c3ccc(-c4nccc5ccccc45)cc3)c2)N=C(c2ccccc2)c2c(ccc3ccccc23)C1. The topological polar surface area (TPSA) is 37.3 Å². The van der Waals surface area contributed by atoms with Crippen LogP contribution in [0.4, 0.5) is 0 Å². The van der Waals surface area contributed by atoms with Gasteiger partial charge in [-0.25, -0.2) is 4.99 Å². The first kappa shape index (κ1) is 34.6. The monoisotopic (exact) mass is 753 g/mol. The van der Waals surface area contributed by atoms with Crippen molar-refractivity contribution in [3.8, 4) is 33.5 Å². The first-order valence-corrected chi connectivity index (χ1v) is 20.3. The average molecular weight is 754 g/mol. The molecule has 11 rings (SSSR count). The van der Waals surface area contributed by atoms with E-state index in [2.05, 4.69) is 206 Å². The van der Waals surface area contributed by atoms with Gasteiger partial charge in [-0.2, -0.15) is 0 Å². The van der Waals surface area contributed by atoms with Crippen molar-refractivity contribution in [2.24, 2.45) is 4.99 Å². The Balaban J connectivity index is 1.06. The third kappa shape index (κ3) is 6.43. The predicted octanol–water partition coefficient (Wildman–Crippen LogP) is 11.4. The van der Waals surface area contributed by atoms with Gasteiger partial charge in [0.15, 0.2) is 0 Å². The van der Waals surface area contributed by atoms with Crippen molar-refractivity contribution in [1.29, 1.82) is 0 Å². The molecule has 0 atom stereocenters. The molecule has 8 aromatic carbocycles. The summed E-state index contributed by atoms with van der Waals surface area (Å²) in [6.45, 7) is 0.815. The third-order valence-corrected chi connectivity index (χ3v) is 11.8. The number of benzene rings is 8. The Morgan fingerprint density at radius 1 is 0.441 bits per heavy atom. The van der Waals surface area contributed by atoms with Crippen molar-refractivity contribution >= 4 is 44.7 Å². The zero-order chi connectivity index (χ0) is 39.1. The Morgan fingerprint density at radius 3 is 1.85 bits per heavy atom. The predicted molar refractivity (Wildman–Crippen MR) is 246 cm³/mol. The van der Waals surface area contributed by atoms with Crippen LogP contribution in [0.2, 0.25) is 0 Å². The second-order valence-electron chi connectivity index (χ2n) is 15.3. The summed E-state index contributed by atoms with van der Waals surface area (Å²) in [6, 6.07) is 67.8. The molecule has 0 fully saturated rings. The van der Waals surface area contributed by atoms with Gasteiger partial charge in [0.1, 0.15) is 0 Å². The standard InChI is InChI=1S/C56H39N3/c1-2-13-43(14-3-1)56-53-42(23-22-39-10-4-7-15-49(39)53)28-29-52(59-56)48-35-46(37-18-24-44(25-19-37)54-50-16-8-5-11-40(50)30-32-57-54)34-47(36-48)38-20-26-45(27-21-38)55-51-17-9-6-12-41(51)31-33-58-55/h1-27,29-32,34-36,58H,28,33H2. The smallest absolute Gasteiger partial charge is 0.0790 e. The van der Waals surface area contributed by atoms with Crippen LogP contribution in [0.5, 0.6) is 0 Å². The summed E-state index contributed by atoms with van der Waals surface area (Å²) in [4.78, 5) is 10.4. The highest BCUT2D eigenvalue weighted by Crippen LogP contribution is 2.37. The molecule has 9 aromatic rings. The fourth-order valence-corrected chi connectivity index (χ4v) is 8.81. The lowest BCUT2D eigenvalue weighted by Crippen LogP contribution is -2.37. The summed E-state index contributed by atoms with van der Waals surface area (Å²) in [7, 11) is 0. The lowest BCUT2D eigenvalue weighted by atomic mass is 9.91. The fraction of sp³-hybridized carbons (Fsp3) is 0.0357. The van der Waals surface area contributed by atoms with Crippen molar-refractivity contribution in [1.82, 2.24) is 10.3 Å². The molecule has 2 aliphatic rings. The third-order valence-electron chi connectivity index (χ3n) is 11.8. The van der Waals surface area contributed by atoms with Crippen LogP contribution in [-0.2, 0) is 6.42 Å². The summed E-state index contributed by atoms with van der Waals surface area (Å²) < 4.78 is 0. The van der Waals surface area contributed by atoms with Crippen LogP contribution < -0.4 is 15.8 Å². The highest BCUT2D eigenvalue weighted by Gasteiger charge is 2.20. The maximum absolute atomic E-state index is 5.61. The van der Waals surface area contributed by atoms with Crippen LogP contribution in [0.15, 0.2) is 205 Å². The summed E-state index contributed by atoms with van der Waals surface area (Å²) >= 11 is 0. The maximum atomic E-state index is 5.61. The number of hydrogen-bond donors (Lipinski definition) is 1. The number of rotatable bonds is 6. The molecular weight excluding hydrogens is 715 g/mol. The van der Waals surface area contributed by atoms with Crippen molar-refractivity contribution in [2.75, 3.05) is 6.54 Å². The molecule has 1 aromatic heterocycles. The number of hydrogen-bond acceptors (Lipinski definition) is 3. The molecule has 3 nitrogen and oxygen atoms in total. The molecular formula is C56H39N3. The largest absolute Gasteiger partial charge is 0.381 e. The van der Waals surface area contributed by atoms with E-state index < -0.39 is 0 Å². The van der Waals surface area contributed by atoms with Crippen LogP contribution in [0.1, 0.15) is 27.8 Å². The van der Waals surface area contributed by atoms with E-state index in [9.17, 15) is 0 Å². The molecule has 0 unspecified atom stereocenters. The Hall–Kier alpha value is -7.62. The molecule has 2 aliphatic heterocycles. The van der Waals surface area contributed by atoms with Gasteiger partial charge in [0.25, 0.3) is 0 Å². The molecule has 3 heteroatoms. The maximum Gasteiger partial charge on any atom is 0.0790 e. The Labute approximate surface area is 343 Å². The summed E-state index contributed by atoms with van der Waals surface area (Å²) in [5.41, 5.74) is 15.6. The van der Waals surface area contributed by atoms with Crippen molar-refractivity contribution in [3.05, 3.63) is 239 Å².